The molecule has 1 amide bonds. The lowest BCUT2D eigenvalue weighted by Crippen LogP contribution is -2.45. The Labute approximate surface area is 155 Å². The number of pyridine rings is 1. The Bertz CT molecular complexity index is 784. The molecule has 2 heterocycles. The van der Waals surface area contributed by atoms with Crippen LogP contribution in [0.15, 0.2) is 28.0 Å². The Morgan fingerprint density at radius 2 is 1.88 bits per heavy atom. The van der Waals surface area contributed by atoms with Crippen LogP contribution in [0.25, 0.3) is 0 Å². The second-order valence-corrected chi connectivity index (χ2v) is 8.50. The van der Waals surface area contributed by atoms with Crippen LogP contribution in [0.5, 0.6) is 0 Å². The van der Waals surface area contributed by atoms with Crippen molar-refractivity contribution in [1.29, 1.82) is 0 Å². The minimum absolute atomic E-state index is 0.0410. The summed E-state index contributed by atoms with van der Waals surface area (Å²) < 4.78 is 27.9. The second-order valence-electron chi connectivity index (χ2n) is 6.57. The molecule has 1 fully saturated rings. The van der Waals surface area contributed by atoms with Crippen molar-refractivity contribution in [3.63, 3.8) is 0 Å². The third-order valence-corrected chi connectivity index (χ3v) is 7.06. The standard InChI is InChI=1S/C18H29N3O4S/c1-4-15-9-7-8-12-21(15)18(23)14-19-13-16(10-11-17(19)22)26(24,25)20(5-2)6-3/h10-11,13,15H,4-9,12,14H2,1-3H3. The van der Waals surface area contributed by atoms with Gasteiger partial charge in [-0.3, -0.25) is 9.59 Å². The van der Waals surface area contributed by atoms with E-state index in [1.165, 1.54) is 27.2 Å². The number of hydrogen-bond acceptors (Lipinski definition) is 4. The molecular weight excluding hydrogens is 354 g/mol. The van der Waals surface area contributed by atoms with Crippen LogP contribution in [0.1, 0.15) is 46.5 Å². The van der Waals surface area contributed by atoms with Crippen LogP contribution in [0.2, 0.25) is 0 Å². The average Bonchev–Trinajstić information content (AvgIpc) is 2.64. The SMILES string of the molecule is CCC1CCCCN1C(=O)Cn1cc(S(=O)(=O)N(CC)CC)ccc1=O. The number of carbonyl (C=O) groups excluding carboxylic acids is 1. The van der Waals surface area contributed by atoms with Gasteiger partial charge < -0.3 is 9.47 Å². The van der Waals surface area contributed by atoms with Crippen LogP contribution < -0.4 is 5.56 Å². The molecule has 1 atom stereocenters. The van der Waals surface area contributed by atoms with E-state index in [0.717, 1.165) is 25.7 Å². The van der Waals surface area contributed by atoms with Crippen LogP contribution in [0.3, 0.4) is 0 Å². The minimum atomic E-state index is -3.67. The molecule has 0 N–H and O–H groups in total. The number of carbonyl (C=O) groups is 1. The maximum absolute atomic E-state index is 12.7. The van der Waals surface area contributed by atoms with Crippen molar-refractivity contribution in [3.8, 4) is 0 Å². The van der Waals surface area contributed by atoms with Gasteiger partial charge in [0, 0.05) is 37.9 Å². The van der Waals surface area contributed by atoms with E-state index in [1.807, 2.05) is 4.90 Å². The summed E-state index contributed by atoms with van der Waals surface area (Å²) in [7, 11) is -3.67. The molecule has 0 bridgehead atoms. The largest absolute Gasteiger partial charge is 0.338 e. The monoisotopic (exact) mass is 383 g/mol. The van der Waals surface area contributed by atoms with Crippen molar-refractivity contribution in [2.75, 3.05) is 19.6 Å². The van der Waals surface area contributed by atoms with E-state index < -0.39 is 10.0 Å². The third kappa shape index (κ3) is 4.35. The third-order valence-electron chi connectivity index (χ3n) is 5.02. The zero-order chi connectivity index (χ0) is 19.3. The molecule has 0 spiro atoms. The molecule has 7 nitrogen and oxygen atoms in total. The first-order valence-corrected chi connectivity index (χ1v) is 10.8. The zero-order valence-electron chi connectivity index (χ0n) is 15.8. The van der Waals surface area contributed by atoms with Gasteiger partial charge in [0.25, 0.3) is 5.56 Å². The zero-order valence-corrected chi connectivity index (χ0v) is 16.7. The van der Waals surface area contributed by atoms with Gasteiger partial charge in [-0.15, -0.1) is 0 Å². The van der Waals surface area contributed by atoms with E-state index in [-0.39, 0.29) is 28.9 Å². The van der Waals surface area contributed by atoms with Crippen molar-refractivity contribution >= 4 is 15.9 Å². The van der Waals surface area contributed by atoms with Gasteiger partial charge in [0.1, 0.15) is 6.54 Å². The van der Waals surface area contributed by atoms with E-state index in [9.17, 15) is 18.0 Å². The second kappa shape index (κ2) is 8.81. The minimum Gasteiger partial charge on any atom is -0.338 e. The van der Waals surface area contributed by atoms with E-state index in [0.29, 0.717) is 19.6 Å². The molecule has 0 saturated carbocycles. The van der Waals surface area contributed by atoms with Crippen LogP contribution in [-0.2, 0) is 21.4 Å². The molecule has 1 aromatic rings. The molecular formula is C18H29N3O4S. The molecule has 1 aromatic heterocycles. The highest BCUT2D eigenvalue weighted by Gasteiger charge is 2.26. The van der Waals surface area contributed by atoms with Crippen molar-refractivity contribution in [2.45, 2.75) is 63.9 Å². The van der Waals surface area contributed by atoms with Crippen LogP contribution in [0.4, 0.5) is 0 Å². The molecule has 1 aliphatic rings. The summed E-state index contributed by atoms with van der Waals surface area (Å²) in [4.78, 5) is 26.7. The van der Waals surface area contributed by atoms with Gasteiger partial charge in [-0.05, 0) is 31.7 Å². The number of nitrogens with zero attached hydrogens (tertiary/aromatic N) is 3. The maximum Gasteiger partial charge on any atom is 0.251 e. The Balaban J connectivity index is 2.27. The molecule has 8 heteroatoms. The molecule has 1 unspecified atom stereocenters. The summed E-state index contributed by atoms with van der Waals surface area (Å²) in [6.07, 6.45) is 5.23. The summed E-state index contributed by atoms with van der Waals surface area (Å²) in [5.74, 6) is -0.129. The summed E-state index contributed by atoms with van der Waals surface area (Å²) in [6.45, 7) is 6.86. The van der Waals surface area contributed by atoms with Crippen LogP contribution in [-0.4, -0.2) is 53.8 Å². The van der Waals surface area contributed by atoms with E-state index in [2.05, 4.69) is 6.92 Å². The highest BCUT2D eigenvalue weighted by atomic mass is 32.2. The molecule has 0 aliphatic carbocycles. The summed E-state index contributed by atoms with van der Waals surface area (Å²) >= 11 is 0. The molecule has 0 aromatic carbocycles. The molecule has 1 aliphatic heterocycles. The van der Waals surface area contributed by atoms with Gasteiger partial charge in [0.15, 0.2) is 0 Å². The lowest BCUT2D eigenvalue weighted by molar-refractivity contribution is -0.135. The quantitative estimate of drug-likeness (QED) is 0.717. The predicted molar refractivity (Wildman–Crippen MR) is 100 cm³/mol. The van der Waals surface area contributed by atoms with Crippen molar-refractivity contribution in [3.05, 3.63) is 28.7 Å². The normalized spacial score (nSPS) is 18.3. The highest BCUT2D eigenvalue weighted by Crippen LogP contribution is 2.20. The lowest BCUT2D eigenvalue weighted by Gasteiger charge is -2.35. The molecule has 1 saturated heterocycles. The van der Waals surface area contributed by atoms with E-state index in [4.69, 9.17) is 0 Å². The lowest BCUT2D eigenvalue weighted by atomic mass is 10.00. The van der Waals surface area contributed by atoms with Crippen molar-refractivity contribution in [1.82, 2.24) is 13.8 Å². The molecule has 0 radical (unpaired) electrons. The average molecular weight is 384 g/mol. The molecule has 2 rings (SSSR count). The van der Waals surface area contributed by atoms with Crippen LogP contribution in [0, 0.1) is 0 Å². The van der Waals surface area contributed by atoms with Crippen molar-refractivity contribution < 1.29 is 13.2 Å². The topological polar surface area (TPSA) is 79.7 Å². The number of piperidine rings is 1. The number of likely N-dealkylation sites (tertiary alicyclic amines) is 1. The number of rotatable bonds is 7. The van der Waals surface area contributed by atoms with E-state index >= 15 is 0 Å². The summed E-state index contributed by atoms with van der Waals surface area (Å²) in [5.41, 5.74) is -0.373. The Morgan fingerprint density at radius 1 is 1.19 bits per heavy atom. The van der Waals surface area contributed by atoms with Crippen molar-refractivity contribution in [2.24, 2.45) is 0 Å². The fourth-order valence-corrected chi connectivity index (χ4v) is 4.97. The number of amides is 1. The van der Waals surface area contributed by atoms with Gasteiger partial charge in [0.2, 0.25) is 15.9 Å². The van der Waals surface area contributed by atoms with Gasteiger partial charge in [-0.25, -0.2) is 8.42 Å². The molecule has 26 heavy (non-hydrogen) atoms. The predicted octanol–water partition coefficient (Wildman–Crippen LogP) is 1.67. The number of hydrogen-bond donors (Lipinski definition) is 0. The Kier molecular flexibility index (Phi) is 7.00. The first kappa shape index (κ1) is 20.6. The smallest absolute Gasteiger partial charge is 0.251 e. The van der Waals surface area contributed by atoms with Gasteiger partial charge in [0.05, 0.1) is 4.90 Å². The molecule has 146 valence electrons. The maximum atomic E-state index is 12.7. The highest BCUT2D eigenvalue weighted by molar-refractivity contribution is 7.89. The number of sulfonamides is 1. The van der Waals surface area contributed by atoms with E-state index in [1.54, 1.807) is 13.8 Å². The van der Waals surface area contributed by atoms with Gasteiger partial charge in [-0.1, -0.05) is 20.8 Å². The Hall–Kier alpha value is -1.67. The number of aromatic nitrogens is 1. The Morgan fingerprint density at radius 3 is 2.50 bits per heavy atom. The van der Waals surface area contributed by atoms with Gasteiger partial charge in [-0.2, -0.15) is 4.31 Å². The summed E-state index contributed by atoms with van der Waals surface area (Å²) in [5, 5.41) is 0. The van der Waals surface area contributed by atoms with Gasteiger partial charge >= 0.3 is 0 Å². The fourth-order valence-electron chi connectivity index (χ4n) is 3.49. The fraction of sp³-hybridized carbons (Fsp3) is 0.667. The summed E-state index contributed by atoms with van der Waals surface area (Å²) in [6, 6.07) is 2.73. The first-order valence-electron chi connectivity index (χ1n) is 9.35. The first-order chi connectivity index (χ1) is 12.3. The van der Waals surface area contributed by atoms with Crippen LogP contribution >= 0.6 is 0 Å².